The highest BCUT2D eigenvalue weighted by molar-refractivity contribution is 6.06. The van der Waals surface area contributed by atoms with Crippen LogP contribution in [0.1, 0.15) is 38.5 Å². The van der Waals surface area contributed by atoms with Crippen molar-refractivity contribution in [2.45, 2.75) is 45.1 Å². The molecule has 0 unspecified atom stereocenters. The Kier molecular flexibility index (Phi) is 5.13. The smallest absolute Gasteiger partial charge is 0.233 e. The minimum atomic E-state index is -0.847. The van der Waals surface area contributed by atoms with Gasteiger partial charge in [-0.2, -0.15) is 0 Å². The second-order valence-corrected chi connectivity index (χ2v) is 5.40. The molecule has 1 aromatic heterocycles. The monoisotopic (exact) mass is 294 g/mol. The van der Waals surface area contributed by atoms with E-state index in [1.165, 1.54) is 0 Å². The third-order valence-corrected chi connectivity index (χ3v) is 4.06. The number of aryl methyl sites for hydroxylation is 1. The molecule has 1 heterocycles. The molecule has 0 bridgehead atoms. The van der Waals surface area contributed by atoms with E-state index >= 15 is 0 Å². The number of hydrogen-bond donors (Lipinski definition) is 3. The zero-order chi connectivity index (χ0) is 15.1. The van der Waals surface area contributed by atoms with Gasteiger partial charge in [0.15, 0.2) is 5.84 Å². The quantitative estimate of drug-likeness (QED) is 0.232. The van der Waals surface area contributed by atoms with Crippen LogP contribution < -0.4 is 11.1 Å². The molecular weight excluding hydrogens is 272 g/mol. The van der Waals surface area contributed by atoms with Crippen molar-refractivity contribution in [3.05, 3.63) is 12.4 Å². The molecule has 1 amide bonds. The molecule has 21 heavy (non-hydrogen) atoms. The Morgan fingerprint density at radius 2 is 2.19 bits per heavy atom. The van der Waals surface area contributed by atoms with Crippen LogP contribution in [0, 0.1) is 5.41 Å². The summed E-state index contributed by atoms with van der Waals surface area (Å²) in [6, 6.07) is 0. The van der Waals surface area contributed by atoms with Gasteiger partial charge in [-0.25, -0.2) is 0 Å². The third kappa shape index (κ3) is 3.50. The van der Waals surface area contributed by atoms with E-state index in [1.807, 2.05) is 0 Å². The van der Waals surface area contributed by atoms with E-state index in [4.69, 9.17) is 10.9 Å². The van der Waals surface area contributed by atoms with Crippen LogP contribution in [-0.4, -0.2) is 38.5 Å². The number of nitrogens with zero attached hydrogens (tertiary/aromatic N) is 4. The Hall–Kier alpha value is -2.12. The number of oxime groups is 1. The first-order valence-electron chi connectivity index (χ1n) is 7.29. The summed E-state index contributed by atoms with van der Waals surface area (Å²) in [6.45, 7) is 1.22. The largest absolute Gasteiger partial charge is 0.409 e. The van der Waals surface area contributed by atoms with Crippen molar-refractivity contribution in [3.63, 3.8) is 0 Å². The highest BCUT2D eigenvalue weighted by Crippen LogP contribution is 2.36. The van der Waals surface area contributed by atoms with Crippen LogP contribution in [0.15, 0.2) is 17.5 Å². The van der Waals surface area contributed by atoms with E-state index in [-0.39, 0.29) is 11.7 Å². The maximum absolute atomic E-state index is 12.5. The minimum absolute atomic E-state index is 0.0241. The molecule has 4 N–H and O–H groups in total. The molecule has 0 aliphatic heterocycles. The molecule has 0 saturated heterocycles. The second kappa shape index (κ2) is 7.05. The third-order valence-electron chi connectivity index (χ3n) is 4.06. The lowest BCUT2D eigenvalue weighted by molar-refractivity contribution is -0.129. The molecule has 116 valence electrons. The average Bonchev–Trinajstić information content (AvgIpc) is 3.04. The molecule has 0 aromatic carbocycles. The van der Waals surface area contributed by atoms with Crippen LogP contribution in [0.4, 0.5) is 0 Å². The molecule has 8 heteroatoms. The number of amides is 1. The Labute approximate surface area is 123 Å². The molecule has 1 aromatic rings. The maximum Gasteiger partial charge on any atom is 0.233 e. The molecule has 1 aliphatic rings. The van der Waals surface area contributed by atoms with Crippen molar-refractivity contribution in [2.24, 2.45) is 16.3 Å². The number of amidine groups is 1. The summed E-state index contributed by atoms with van der Waals surface area (Å²) in [4.78, 5) is 12.5. The molecule has 0 atom stereocenters. The lowest BCUT2D eigenvalue weighted by Crippen LogP contribution is -2.51. The predicted molar refractivity (Wildman–Crippen MR) is 76.6 cm³/mol. The van der Waals surface area contributed by atoms with Gasteiger partial charge in [0.2, 0.25) is 5.91 Å². The number of nitrogens with one attached hydrogen (secondary N) is 1. The van der Waals surface area contributed by atoms with Crippen molar-refractivity contribution in [1.29, 1.82) is 0 Å². The first-order valence-corrected chi connectivity index (χ1v) is 7.29. The first-order chi connectivity index (χ1) is 10.2. The number of aromatic nitrogens is 3. The van der Waals surface area contributed by atoms with Crippen molar-refractivity contribution in [1.82, 2.24) is 20.3 Å². The fourth-order valence-electron chi connectivity index (χ4n) is 2.81. The Bertz CT molecular complexity index is 479. The molecule has 1 fully saturated rings. The van der Waals surface area contributed by atoms with Crippen LogP contribution in [0.2, 0.25) is 0 Å². The molecule has 0 spiro atoms. The normalized spacial score (nSPS) is 18.4. The van der Waals surface area contributed by atoms with Gasteiger partial charge in [-0.15, -0.1) is 5.10 Å². The summed E-state index contributed by atoms with van der Waals surface area (Å²) in [5, 5.41) is 22.5. The van der Waals surface area contributed by atoms with Gasteiger partial charge in [-0.3, -0.25) is 9.48 Å². The van der Waals surface area contributed by atoms with E-state index in [0.717, 1.165) is 25.7 Å². The Morgan fingerprint density at radius 3 is 2.81 bits per heavy atom. The summed E-state index contributed by atoms with van der Waals surface area (Å²) in [6.07, 6.45) is 8.34. The van der Waals surface area contributed by atoms with Crippen molar-refractivity contribution in [2.75, 3.05) is 6.54 Å². The van der Waals surface area contributed by atoms with Gasteiger partial charge in [-0.1, -0.05) is 29.6 Å². The van der Waals surface area contributed by atoms with Gasteiger partial charge in [0, 0.05) is 19.3 Å². The van der Waals surface area contributed by atoms with Gasteiger partial charge < -0.3 is 16.3 Å². The van der Waals surface area contributed by atoms with Crippen LogP contribution in [0.3, 0.4) is 0 Å². The van der Waals surface area contributed by atoms with Crippen molar-refractivity contribution >= 4 is 11.7 Å². The zero-order valence-electron chi connectivity index (χ0n) is 12.0. The first kappa shape index (κ1) is 15.3. The number of carbonyl (C=O) groups is 1. The molecule has 2 rings (SSSR count). The van der Waals surface area contributed by atoms with Crippen LogP contribution >= 0.6 is 0 Å². The molecule has 1 aliphatic carbocycles. The van der Waals surface area contributed by atoms with Gasteiger partial charge >= 0.3 is 0 Å². The average molecular weight is 294 g/mol. The van der Waals surface area contributed by atoms with Crippen molar-refractivity contribution in [3.8, 4) is 0 Å². The van der Waals surface area contributed by atoms with E-state index in [2.05, 4.69) is 20.8 Å². The van der Waals surface area contributed by atoms with E-state index < -0.39 is 5.41 Å². The van der Waals surface area contributed by atoms with Crippen LogP contribution in [0.5, 0.6) is 0 Å². The molecular formula is C13H22N6O2. The van der Waals surface area contributed by atoms with Gasteiger partial charge in [0.25, 0.3) is 0 Å². The maximum atomic E-state index is 12.5. The van der Waals surface area contributed by atoms with E-state index in [1.54, 1.807) is 17.1 Å². The number of hydrogen-bond acceptors (Lipinski definition) is 5. The highest BCUT2D eigenvalue weighted by atomic mass is 16.4. The SMILES string of the molecule is N/C(=N/O)C1(C(=O)NCCCn2ccnn2)CCCCC1. The standard InChI is InChI=1S/C13H22N6O2/c14-11(17-21)13(5-2-1-3-6-13)12(20)15-7-4-9-19-10-8-16-18-19/h8,10,21H,1-7,9H2,(H2,14,17)(H,15,20). The van der Waals surface area contributed by atoms with Gasteiger partial charge in [-0.05, 0) is 19.3 Å². The van der Waals surface area contributed by atoms with E-state index in [9.17, 15) is 4.79 Å². The Balaban J connectivity index is 1.87. The van der Waals surface area contributed by atoms with E-state index in [0.29, 0.717) is 25.9 Å². The number of rotatable bonds is 6. The molecule has 8 nitrogen and oxygen atoms in total. The zero-order valence-corrected chi connectivity index (χ0v) is 12.0. The lowest BCUT2D eigenvalue weighted by atomic mass is 9.72. The summed E-state index contributed by atoms with van der Waals surface area (Å²) in [5.41, 5.74) is 4.93. The number of carbonyl (C=O) groups excluding carboxylic acids is 1. The fourth-order valence-corrected chi connectivity index (χ4v) is 2.81. The lowest BCUT2D eigenvalue weighted by Gasteiger charge is -2.34. The van der Waals surface area contributed by atoms with Crippen LogP contribution in [0.25, 0.3) is 0 Å². The fraction of sp³-hybridized carbons (Fsp3) is 0.692. The summed E-state index contributed by atoms with van der Waals surface area (Å²) in [7, 11) is 0. The summed E-state index contributed by atoms with van der Waals surface area (Å²) in [5.74, 6) is -0.118. The second-order valence-electron chi connectivity index (χ2n) is 5.40. The number of nitrogens with two attached hydrogens (primary N) is 1. The minimum Gasteiger partial charge on any atom is -0.409 e. The van der Waals surface area contributed by atoms with Gasteiger partial charge in [0.05, 0.1) is 6.20 Å². The molecule has 1 saturated carbocycles. The predicted octanol–water partition coefficient (Wildman–Crippen LogP) is 0.481. The highest BCUT2D eigenvalue weighted by Gasteiger charge is 2.43. The van der Waals surface area contributed by atoms with Crippen molar-refractivity contribution < 1.29 is 10.0 Å². The van der Waals surface area contributed by atoms with Crippen LogP contribution in [-0.2, 0) is 11.3 Å². The summed E-state index contributed by atoms with van der Waals surface area (Å²) >= 11 is 0. The Morgan fingerprint density at radius 1 is 1.43 bits per heavy atom. The molecule has 0 radical (unpaired) electrons. The summed E-state index contributed by atoms with van der Waals surface area (Å²) < 4.78 is 1.71. The topological polar surface area (TPSA) is 118 Å². The van der Waals surface area contributed by atoms with Gasteiger partial charge in [0.1, 0.15) is 5.41 Å².